The second-order valence-corrected chi connectivity index (χ2v) is 3.35. The van der Waals surface area contributed by atoms with Gasteiger partial charge in [0.25, 0.3) is 0 Å². The first-order valence-corrected chi connectivity index (χ1v) is 4.81. The minimum atomic E-state index is 0.533. The van der Waals surface area contributed by atoms with E-state index in [9.17, 15) is 0 Å². The topological polar surface area (TPSA) is 64.9 Å². The number of anilines is 1. The van der Waals surface area contributed by atoms with E-state index >= 15 is 0 Å². The highest BCUT2D eigenvalue weighted by Gasteiger charge is 1.99. The Balaban J connectivity index is 2.44. The van der Waals surface area contributed by atoms with Gasteiger partial charge in [-0.1, -0.05) is 24.3 Å². The highest BCUT2D eigenvalue weighted by Crippen LogP contribution is 2.18. The summed E-state index contributed by atoms with van der Waals surface area (Å²) < 4.78 is 0. The number of hydrogen-bond acceptors (Lipinski definition) is 3. The molecule has 1 heterocycles. The quantitative estimate of drug-likeness (QED) is 0.775. The number of nitrogen functional groups attached to an aromatic ring is 1. The molecule has 0 aliphatic heterocycles. The van der Waals surface area contributed by atoms with Gasteiger partial charge in [0.2, 0.25) is 0 Å². The molecule has 0 aliphatic rings. The lowest BCUT2D eigenvalue weighted by atomic mass is 10.1. The monoisotopic (exact) mass is 199 g/mol. The second-order valence-electron chi connectivity index (χ2n) is 3.35. The molecule has 0 saturated carbocycles. The lowest BCUT2D eigenvalue weighted by molar-refractivity contribution is 1.07. The van der Waals surface area contributed by atoms with Crippen LogP contribution in [0.3, 0.4) is 0 Å². The summed E-state index contributed by atoms with van der Waals surface area (Å²) in [5, 5.41) is 0. The molecule has 0 saturated heterocycles. The van der Waals surface area contributed by atoms with Crippen molar-refractivity contribution in [3.63, 3.8) is 0 Å². The van der Waals surface area contributed by atoms with E-state index in [2.05, 4.69) is 4.98 Å². The minimum absolute atomic E-state index is 0.533. The van der Waals surface area contributed by atoms with Crippen molar-refractivity contribution in [2.45, 2.75) is 6.54 Å². The van der Waals surface area contributed by atoms with Crippen molar-refractivity contribution in [1.29, 1.82) is 0 Å². The molecule has 0 bridgehead atoms. The van der Waals surface area contributed by atoms with Crippen LogP contribution >= 0.6 is 0 Å². The fraction of sp³-hybridized carbons (Fsp3) is 0.0833. The fourth-order valence-electron chi connectivity index (χ4n) is 1.47. The lowest BCUT2D eigenvalue weighted by Gasteiger charge is -2.03. The van der Waals surface area contributed by atoms with Crippen LogP contribution in [0.1, 0.15) is 5.56 Å². The van der Waals surface area contributed by atoms with Gasteiger partial charge in [-0.25, -0.2) is 4.98 Å². The van der Waals surface area contributed by atoms with E-state index < -0.39 is 0 Å². The largest absolute Gasteiger partial charge is 0.384 e. The summed E-state index contributed by atoms with van der Waals surface area (Å²) in [6.07, 6.45) is 0. The molecule has 0 spiro atoms. The zero-order valence-corrected chi connectivity index (χ0v) is 8.35. The summed E-state index contributed by atoms with van der Waals surface area (Å²) in [7, 11) is 0. The average molecular weight is 199 g/mol. The number of aromatic nitrogens is 1. The van der Waals surface area contributed by atoms with E-state index in [0.717, 1.165) is 16.8 Å². The summed E-state index contributed by atoms with van der Waals surface area (Å²) in [6, 6.07) is 13.6. The first-order valence-electron chi connectivity index (χ1n) is 4.81. The number of nitrogens with zero attached hydrogens (tertiary/aromatic N) is 1. The molecule has 3 heteroatoms. The van der Waals surface area contributed by atoms with Crippen LogP contribution in [0.5, 0.6) is 0 Å². The van der Waals surface area contributed by atoms with Gasteiger partial charge in [0.15, 0.2) is 0 Å². The van der Waals surface area contributed by atoms with Crippen molar-refractivity contribution in [3.8, 4) is 11.3 Å². The number of benzene rings is 1. The van der Waals surface area contributed by atoms with E-state index in [4.69, 9.17) is 11.5 Å². The summed E-state index contributed by atoms with van der Waals surface area (Å²) in [6.45, 7) is 0.538. The van der Waals surface area contributed by atoms with Crippen LogP contribution in [-0.2, 0) is 6.54 Å². The third-order valence-corrected chi connectivity index (χ3v) is 2.23. The van der Waals surface area contributed by atoms with Crippen LogP contribution in [0.2, 0.25) is 0 Å². The lowest BCUT2D eigenvalue weighted by Crippen LogP contribution is -1.96. The summed E-state index contributed by atoms with van der Waals surface area (Å²) in [5.41, 5.74) is 14.2. The number of nitrogens with two attached hydrogens (primary N) is 2. The zero-order valence-electron chi connectivity index (χ0n) is 8.35. The summed E-state index contributed by atoms with van der Waals surface area (Å²) in [5.74, 6) is 0.533. The molecule has 76 valence electrons. The molecule has 1 aromatic heterocycles. The van der Waals surface area contributed by atoms with E-state index in [1.807, 2.05) is 36.4 Å². The van der Waals surface area contributed by atoms with Gasteiger partial charge in [0.05, 0.1) is 5.69 Å². The van der Waals surface area contributed by atoms with Crippen LogP contribution in [0.15, 0.2) is 42.5 Å². The van der Waals surface area contributed by atoms with Crippen molar-refractivity contribution in [2.75, 3.05) is 5.73 Å². The molecule has 0 atom stereocenters. The van der Waals surface area contributed by atoms with Crippen molar-refractivity contribution < 1.29 is 0 Å². The van der Waals surface area contributed by atoms with Gasteiger partial charge in [-0.05, 0) is 23.8 Å². The Morgan fingerprint density at radius 1 is 1.07 bits per heavy atom. The average Bonchev–Trinajstić information content (AvgIpc) is 2.29. The van der Waals surface area contributed by atoms with Gasteiger partial charge in [-0.15, -0.1) is 0 Å². The molecule has 3 nitrogen and oxygen atoms in total. The Bertz CT molecular complexity index is 466. The van der Waals surface area contributed by atoms with Crippen LogP contribution in [0.4, 0.5) is 5.82 Å². The summed E-state index contributed by atoms with van der Waals surface area (Å²) in [4.78, 5) is 4.26. The van der Waals surface area contributed by atoms with Gasteiger partial charge >= 0.3 is 0 Å². The molecule has 0 aliphatic carbocycles. The van der Waals surface area contributed by atoms with Gasteiger partial charge in [-0.2, -0.15) is 0 Å². The molecule has 4 N–H and O–H groups in total. The molecule has 2 rings (SSSR count). The normalized spacial score (nSPS) is 10.2. The Morgan fingerprint density at radius 2 is 1.87 bits per heavy atom. The van der Waals surface area contributed by atoms with E-state index in [-0.39, 0.29) is 0 Å². The van der Waals surface area contributed by atoms with Crippen molar-refractivity contribution >= 4 is 5.82 Å². The van der Waals surface area contributed by atoms with Crippen LogP contribution in [0.25, 0.3) is 11.3 Å². The Hall–Kier alpha value is -1.87. The van der Waals surface area contributed by atoms with E-state index in [0.29, 0.717) is 12.4 Å². The molecule has 1 aromatic carbocycles. The van der Waals surface area contributed by atoms with E-state index in [1.165, 1.54) is 0 Å². The highest BCUT2D eigenvalue weighted by molar-refractivity contribution is 5.61. The molecular weight excluding hydrogens is 186 g/mol. The van der Waals surface area contributed by atoms with Gasteiger partial charge in [0.1, 0.15) is 5.82 Å². The number of pyridine rings is 1. The Labute approximate surface area is 88.8 Å². The maximum atomic E-state index is 5.63. The van der Waals surface area contributed by atoms with Crippen molar-refractivity contribution in [3.05, 3.63) is 48.0 Å². The first-order chi connectivity index (χ1) is 7.29. The van der Waals surface area contributed by atoms with Crippen LogP contribution in [0, 0.1) is 0 Å². The molecule has 0 amide bonds. The predicted octanol–water partition coefficient (Wildman–Crippen LogP) is 1.79. The predicted molar refractivity (Wildman–Crippen MR) is 62.0 cm³/mol. The summed E-state index contributed by atoms with van der Waals surface area (Å²) >= 11 is 0. The van der Waals surface area contributed by atoms with Crippen LogP contribution < -0.4 is 11.5 Å². The maximum absolute atomic E-state index is 5.63. The van der Waals surface area contributed by atoms with Crippen LogP contribution in [-0.4, -0.2) is 4.98 Å². The van der Waals surface area contributed by atoms with Crippen molar-refractivity contribution in [2.24, 2.45) is 5.73 Å². The smallest absolute Gasteiger partial charge is 0.124 e. The SMILES string of the molecule is NCc1cccc(-c2cccc(N)n2)c1. The van der Waals surface area contributed by atoms with Crippen molar-refractivity contribution in [1.82, 2.24) is 4.98 Å². The second kappa shape index (κ2) is 4.11. The standard InChI is InChI=1S/C12H13N3/c13-8-9-3-1-4-10(7-9)11-5-2-6-12(14)15-11/h1-7H,8,13H2,(H2,14,15). The molecule has 0 unspecified atom stereocenters. The number of hydrogen-bond donors (Lipinski definition) is 2. The van der Waals surface area contributed by atoms with Gasteiger partial charge in [-0.3, -0.25) is 0 Å². The van der Waals surface area contributed by atoms with E-state index in [1.54, 1.807) is 6.07 Å². The van der Waals surface area contributed by atoms with Gasteiger partial charge in [0, 0.05) is 12.1 Å². The Morgan fingerprint density at radius 3 is 2.60 bits per heavy atom. The number of rotatable bonds is 2. The minimum Gasteiger partial charge on any atom is -0.384 e. The molecular formula is C12H13N3. The molecule has 0 fully saturated rings. The third kappa shape index (κ3) is 2.14. The molecule has 0 radical (unpaired) electrons. The molecule has 2 aromatic rings. The zero-order chi connectivity index (χ0) is 10.7. The third-order valence-electron chi connectivity index (χ3n) is 2.23. The van der Waals surface area contributed by atoms with Gasteiger partial charge < -0.3 is 11.5 Å². The highest BCUT2D eigenvalue weighted by atomic mass is 14.8. The Kier molecular flexibility index (Phi) is 2.65. The maximum Gasteiger partial charge on any atom is 0.124 e. The first kappa shape index (κ1) is 9.68. The molecule has 15 heavy (non-hydrogen) atoms. The fourth-order valence-corrected chi connectivity index (χ4v) is 1.47.